The Hall–Kier alpha value is -2.55. The number of fused-ring (bicyclic) bond motifs is 5. The number of nitrogens with zero attached hydrogens (tertiary/aromatic N) is 3. The molecule has 8 heteroatoms. The molecule has 0 spiro atoms. The summed E-state index contributed by atoms with van der Waals surface area (Å²) in [6, 6.07) is 9.52. The molecular formula is C27H30N4O2S2. The number of nitrogens with one attached hydrogen (secondary N) is 1. The fourth-order valence-electron chi connectivity index (χ4n) is 4.48. The van der Waals surface area contributed by atoms with E-state index in [9.17, 15) is 4.79 Å². The third-order valence-electron chi connectivity index (χ3n) is 6.18. The van der Waals surface area contributed by atoms with Crippen molar-refractivity contribution in [2.75, 3.05) is 5.32 Å². The highest BCUT2D eigenvalue weighted by Crippen LogP contribution is 2.43. The first kappa shape index (κ1) is 24.2. The quantitative estimate of drug-likeness (QED) is 0.241. The zero-order valence-electron chi connectivity index (χ0n) is 20.7. The molecule has 0 unspecified atom stereocenters. The molecule has 4 aromatic rings. The van der Waals surface area contributed by atoms with Crippen LogP contribution in [0.3, 0.4) is 0 Å². The normalized spacial score (nSPS) is 15.9. The van der Waals surface area contributed by atoms with E-state index in [1.54, 1.807) is 17.7 Å². The number of thiophene rings is 1. The zero-order valence-corrected chi connectivity index (χ0v) is 22.3. The van der Waals surface area contributed by atoms with Gasteiger partial charge in [0.2, 0.25) is 5.91 Å². The maximum atomic E-state index is 12.8. The van der Waals surface area contributed by atoms with Crippen LogP contribution in [-0.4, -0.2) is 31.7 Å². The first-order valence-electron chi connectivity index (χ1n) is 12.0. The molecule has 0 radical (unpaired) electrons. The maximum absolute atomic E-state index is 12.8. The van der Waals surface area contributed by atoms with Crippen molar-refractivity contribution in [3.63, 3.8) is 0 Å². The van der Waals surface area contributed by atoms with Gasteiger partial charge in [-0.3, -0.25) is 4.79 Å². The van der Waals surface area contributed by atoms with Gasteiger partial charge in [0.05, 0.1) is 27.7 Å². The number of ether oxygens (including phenoxy) is 1. The second-order valence-electron chi connectivity index (χ2n) is 10.1. The predicted octanol–water partition coefficient (Wildman–Crippen LogP) is 6.41. The van der Waals surface area contributed by atoms with E-state index < -0.39 is 0 Å². The molecule has 1 amide bonds. The summed E-state index contributed by atoms with van der Waals surface area (Å²) in [6.45, 7) is 11.2. The van der Waals surface area contributed by atoms with E-state index in [4.69, 9.17) is 14.7 Å². The van der Waals surface area contributed by atoms with E-state index in [1.165, 1.54) is 22.9 Å². The number of carbonyl (C=O) groups is 1. The van der Waals surface area contributed by atoms with E-state index in [0.29, 0.717) is 12.5 Å². The minimum Gasteiger partial charge on any atom is -0.370 e. The van der Waals surface area contributed by atoms with Crippen LogP contribution in [0.2, 0.25) is 0 Å². The van der Waals surface area contributed by atoms with Crippen molar-refractivity contribution in [2.45, 2.75) is 69.9 Å². The Morgan fingerprint density at radius 3 is 2.69 bits per heavy atom. The Balaban J connectivity index is 1.55. The van der Waals surface area contributed by atoms with Crippen LogP contribution in [0.25, 0.3) is 20.4 Å². The van der Waals surface area contributed by atoms with Gasteiger partial charge in [-0.1, -0.05) is 43.8 Å². The molecule has 0 saturated heterocycles. The van der Waals surface area contributed by atoms with Gasteiger partial charge < -0.3 is 10.1 Å². The molecule has 1 aliphatic rings. The van der Waals surface area contributed by atoms with Crippen LogP contribution in [0.4, 0.5) is 5.69 Å². The second kappa shape index (κ2) is 9.48. The highest BCUT2D eigenvalue weighted by Gasteiger charge is 2.32. The number of aromatic nitrogens is 3. The zero-order chi connectivity index (χ0) is 24.7. The van der Waals surface area contributed by atoms with Gasteiger partial charge >= 0.3 is 0 Å². The van der Waals surface area contributed by atoms with E-state index in [2.05, 4.69) is 38.0 Å². The molecule has 35 heavy (non-hydrogen) atoms. The van der Waals surface area contributed by atoms with Crippen LogP contribution in [0, 0.1) is 5.92 Å². The third kappa shape index (κ3) is 4.92. The maximum Gasteiger partial charge on any atom is 0.237 e. The van der Waals surface area contributed by atoms with Gasteiger partial charge in [-0.2, -0.15) is 0 Å². The number of hydrogen-bond donors (Lipinski definition) is 1. The highest BCUT2D eigenvalue weighted by atomic mass is 32.2. The van der Waals surface area contributed by atoms with Crippen molar-refractivity contribution < 1.29 is 9.53 Å². The molecule has 0 aliphatic carbocycles. The van der Waals surface area contributed by atoms with Gasteiger partial charge in [-0.15, -0.1) is 11.3 Å². The van der Waals surface area contributed by atoms with Gasteiger partial charge in [0.1, 0.15) is 16.2 Å². The monoisotopic (exact) mass is 506 g/mol. The van der Waals surface area contributed by atoms with Crippen LogP contribution in [0.15, 0.2) is 41.7 Å². The van der Waals surface area contributed by atoms with Crippen LogP contribution in [0.5, 0.6) is 0 Å². The summed E-state index contributed by atoms with van der Waals surface area (Å²) in [5.74, 6) is 0.450. The number of carbonyl (C=O) groups excluding carboxylic acids is 1. The van der Waals surface area contributed by atoms with Crippen molar-refractivity contribution in [1.82, 2.24) is 15.0 Å². The molecule has 1 atom stereocenters. The Kier molecular flexibility index (Phi) is 6.55. The molecule has 5 rings (SSSR count). The average Bonchev–Trinajstić information content (AvgIpc) is 3.18. The van der Waals surface area contributed by atoms with Crippen molar-refractivity contribution in [1.29, 1.82) is 0 Å². The van der Waals surface area contributed by atoms with Gasteiger partial charge in [0, 0.05) is 28.8 Å². The summed E-state index contributed by atoms with van der Waals surface area (Å²) in [5.41, 5.74) is 5.13. The Labute approximate surface area is 213 Å². The number of rotatable bonds is 6. The first-order valence-corrected chi connectivity index (χ1v) is 13.7. The lowest BCUT2D eigenvalue weighted by atomic mass is 9.88. The predicted molar refractivity (Wildman–Crippen MR) is 144 cm³/mol. The van der Waals surface area contributed by atoms with Gasteiger partial charge in [0.15, 0.2) is 0 Å². The number of pyridine rings is 1. The summed E-state index contributed by atoms with van der Waals surface area (Å²) in [4.78, 5) is 28.2. The number of amides is 1. The van der Waals surface area contributed by atoms with E-state index in [0.717, 1.165) is 49.7 Å². The summed E-state index contributed by atoms with van der Waals surface area (Å²) in [7, 11) is 0. The molecule has 1 aromatic carbocycles. The topological polar surface area (TPSA) is 77.0 Å². The highest BCUT2D eigenvalue weighted by molar-refractivity contribution is 8.00. The van der Waals surface area contributed by atoms with Crippen LogP contribution in [0.1, 0.15) is 51.4 Å². The van der Waals surface area contributed by atoms with Crippen molar-refractivity contribution >= 4 is 55.1 Å². The van der Waals surface area contributed by atoms with E-state index >= 15 is 0 Å². The smallest absolute Gasteiger partial charge is 0.237 e. The van der Waals surface area contributed by atoms with Crippen LogP contribution >= 0.6 is 23.1 Å². The standard InChI is InChI=1S/C27H30N4O2S2/c1-15(2)11-20-19-13-33-27(4,5)12-18(19)21-22-23(35-25(21)31-20)26(29-14-28-22)34-16(3)24(32)30-17-9-7-6-8-10-17/h6-10,14-16H,11-13H2,1-5H3,(H,30,32)/t16-/m0/s1. The minimum absolute atomic E-state index is 0.0531. The van der Waals surface area contributed by atoms with E-state index in [1.807, 2.05) is 37.3 Å². The lowest BCUT2D eigenvalue weighted by Crippen LogP contribution is -2.33. The molecule has 4 heterocycles. The summed E-state index contributed by atoms with van der Waals surface area (Å²) in [6.07, 6.45) is 3.35. The summed E-state index contributed by atoms with van der Waals surface area (Å²) in [5, 5.41) is 4.61. The SMILES string of the molecule is CC(C)Cc1nc2sc3c(S[C@@H](C)C(=O)Nc4ccccc4)ncnc3c2c2c1COC(C)(C)C2. The lowest BCUT2D eigenvalue weighted by Gasteiger charge is -2.33. The second-order valence-corrected chi connectivity index (χ2v) is 12.4. The number of benzene rings is 1. The van der Waals surface area contributed by atoms with Crippen LogP contribution < -0.4 is 5.32 Å². The molecule has 1 N–H and O–H groups in total. The Morgan fingerprint density at radius 2 is 1.94 bits per heavy atom. The lowest BCUT2D eigenvalue weighted by molar-refractivity contribution is -0.115. The number of thioether (sulfide) groups is 1. The molecule has 0 bridgehead atoms. The fraction of sp³-hybridized carbons (Fsp3) is 0.407. The first-order chi connectivity index (χ1) is 16.7. The van der Waals surface area contributed by atoms with E-state index in [-0.39, 0.29) is 16.8 Å². The number of para-hydroxylation sites is 1. The molecule has 3 aromatic heterocycles. The van der Waals surface area contributed by atoms with Gasteiger partial charge in [0.25, 0.3) is 0 Å². The number of anilines is 1. The van der Waals surface area contributed by atoms with Crippen molar-refractivity contribution in [3.05, 3.63) is 53.5 Å². The summed E-state index contributed by atoms with van der Waals surface area (Å²) < 4.78 is 7.18. The van der Waals surface area contributed by atoms with Crippen molar-refractivity contribution in [3.8, 4) is 0 Å². The fourth-order valence-corrected chi connectivity index (χ4v) is 6.62. The molecule has 6 nitrogen and oxygen atoms in total. The average molecular weight is 507 g/mol. The molecule has 1 aliphatic heterocycles. The van der Waals surface area contributed by atoms with Gasteiger partial charge in [-0.05, 0) is 50.8 Å². The molecule has 182 valence electrons. The van der Waals surface area contributed by atoms with Crippen LogP contribution in [-0.2, 0) is 29.0 Å². The Bertz CT molecular complexity index is 1400. The van der Waals surface area contributed by atoms with Crippen molar-refractivity contribution in [2.24, 2.45) is 5.92 Å². The largest absolute Gasteiger partial charge is 0.370 e. The molecule has 0 fully saturated rings. The summed E-state index contributed by atoms with van der Waals surface area (Å²) >= 11 is 3.09. The minimum atomic E-state index is -0.316. The number of hydrogen-bond acceptors (Lipinski definition) is 7. The third-order valence-corrected chi connectivity index (χ3v) is 8.49. The van der Waals surface area contributed by atoms with Gasteiger partial charge in [-0.25, -0.2) is 15.0 Å². The molecule has 0 saturated carbocycles. The molecular weight excluding hydrogens is 476 g/mol. The Morgan fingerprint density at radius 1 is 1.17 bits per heavy atom.